The Hall–Kier alpha value is -1.63. The Balaban J connectivity index is 1.92. The molecule has 2 aliphatic rings. The zero-order valence-electron chi connectivity index (χ0n) is 12.4. The molecule has 0 unspecified atom stereocenters. The highest BCUT2D eigenvalue weighted by Gasteiger charge is 2.25. The van der Waals surface area contributed by atoms with Gasteiger partial charge >= 0.3 is 10.2 Å². The first-order valence-electron chi connectivity index (χ1n) is 7.13. The van der Waals surface area contributed by atoms with Crippen LogP contribution in [0.3, 0.4) is 0 Å². The highest BCUT2D eigenvalue weighted by atomic mass is 32.2. The fourth-order valence-corrected chi connectivity index (χ4v) is 3.23. The molecule has 0 aromatic carbocycles. The molecule has 2 rings (SSSR count). The van der Waals surface area contributed by atoms with E-state index in [9.17, 15) is 13.2 Å². The standard InChI is InChI=1S/C14H21N3O3S/c1-11-13(10-17(2)21(19,20)16-11)14(18)15-9-8-12-6-4-3-5-7-12/h6,10H,3-5,7-9H2,1-2H3,(H,15,18). The normalized spacial score (nSPS) is 21.2. The number of carbonyl (C=O) groups is 1. The molecule has 0 spiro atoms. The van der Waals surface area contributed by atoms with Crippen LogP contribution in [0.4, 0.5) is 0 Å². The summed E-state index contributed by atoms with van der Waals surface area (Å²) < 4.78 is 27.6. The van der Waals surface area contributed by atoms with E-state index in [0.717, 1.165) is 23.6 Å². The van der Waals surface area contributed by atoms with Gasteiger partial charge in [-0.1, -0.05) is 11.6 Å². The average molecular weight is 311 g/mol. The largest absolute Gasteiger partial charge is 0.352 e. The van der Waals surface area contributed by atoms with Crippen molar-refractivity contribution in [3.05, 3.63) is 23.4 Å². The van der Waals surface area contributed by atoms with Crippen molar-refractivity contribution in [2.45, 2.75) is 39.0 Å². The van der Waals surface area contributed by atoms with Crippen LogP contribution in [0.15, 0.2) is 27.8 Å². The van der Waals surface area contributed by atoms with Crippen LogP contribution < -0.4 is 5.32 Å². The van der Waals surface area contributed by atoms with Crippen LogP contribution in [-0.2, 0) is 15.0 Å². The van der Waals surface area contributed by atoms with E-state index in [4.69, 9.17) is 0 Å². The van der Waals surface area contributed by atoms with Gasteiger partial charge in [-0.2, -0.15) is 8.42 Å². The SMILES string of the molecule is CC1=NS(=O)(=O)N(C)C=C1C(=O)NCCC1=CCCCC1. The van der Waals surface area contributed by atoms with E-state index in [0.29, 0.717) is 12.1 Å². The Bertz CT molecular complexity index is 617. The maximum atomic E-state index is 12.1. The molecule has 0 aromatic heterocycles. The Morgan fingerprint density at radius 2 is 2.19 bits per heavy atom. The molecule has 1 heterocycles. The maximum Gasteiger partial charge on any atom is 0.344 e. The van der Waals surface area contributed by atoms with E-state index in [2.05, 4.69) is 15.8 Å². The van der Waals surface area contributed by atoms with E-state index in [1.807, 2.05) is 0 Å². The molecule has 0 atom stereocenters. The summed E-state index contributed by atoms with van der Waals surface area (Å²) in [6.45, 7) is 2.09. The first-order chi connectivity index (χ1) is 9.90. The lowest BCUT2D eigenvalue weighted by atomic mass is 9.97. The molecule has 21 heavy (non-hydrogen) atoms. The highest BCUT2D eigenvalue weighted by Crippen LogP contribution is 2.19. The topological polar surface area (TPSA) is 78.8 Å². The lowest BCUT2D eigenvalue weighted by Crippen LogP contribution is -2.34. The van der Waals surface area contributed by atoms with E-state index < -0.39 is 10.2 Å². The smallest absolute Gasteiger partial charge is 0.344 e. The molecular formula is C14H21N3O3S. The van der Waals surface area contributed by atoms with Crippen molar-refractivity contribution >= 4 is 21.8 Å². The summed E-state index contributed by atoms with van der Waals surface area (Å²) in [7, 11) is -2.29. The monoisotopic (exact) mass is 311 g/mol. The summed E-state index contributed by atoms with van der Waals surface area (Å²) >= 11 is 0. The molecule has 6 nitrogen and oxygen atoms in total. The van der Waals surface area contributed by atoms with Crippen LogP contribution in [0.5, 0.6) is 0 Å². The first-order valence-corrected chi connectivity index (χ1v) is 8.52. The Morgan fingerprint density at radius 3 is 2.86 bits per heavy atom. The second kappa shape index (κ2) is 6.43. The van der Waals surface area contributed by atoms with Crippen molar-refractivity contribution in [1.82, 2.24) is 9.62 Å². The molecule has 0 fully saturated rings. The van der Waals surface area contributed by atoms with Gasteiger partial charge in [-0.3, -0.25) is 9.10 Å². The van der Waals surface area contributed by atoms with Crippen molar-refractivity contribution in [1.29, 1.82) is 0 Å². The van der Waals surface area contributed by atoms with Gasteiger partial charge in [-0.15, -0.1) is 4.40 Å². The van der Waals surface area contributed by atoms with Crippen LogP contribution >= 0.6 is 0 Å². The maximum absolute atomic E-state index is 12.1. The van der Waals surface area contributed by atoms with Gasteiger partial charge < -0.3 is 5.32 Å². The Labute approximate surface area is 125 Å². The molecule has 0 saturated carbocycles. The third kappa shape index (κ3) is 3.93. The van der Waals surface area contributed by atoms with Crippen LogP contribution in [-0.4, -0.2) is 37.9 Å². The Morgan fingerprint density at radius 1 is 1.43 bits per heavy atom. The quantitative estimate of drug-likeness (QED) is 0.800. The predicted octanol–water partition coefficient (Wildman–Crippen LogP) is 1.53. The van der Waals surface area contributed by atoms with E-state index in [1.54, 1.807) is 0 Å². The molecule has 7 heteroatoms. The van der Waals surface area contributed by atoms with Crippen molar-refractivity contribution in [3.8, 4) is 0 Å². The molecule has 1 amide bonds. The van der Waals surface area contributed by atoms with Gasteiger partial charge in [0.1, 0.15) is 0 Å². The van der Waals surface area contributed by atoms with Gasteiger partial charge in [0, 0.05) is 19.8 Å². The summed E-state index contributed by atoms with van der Waals surface area (Å²) in [5.41, 5.74) is 1.91. The second-order valence-electron chi connectivity index (χ2n) is 5.33. The van der Waals surface area contributed by atoms with Gasteiger partial charge in [0.15, 0.2) is 0 Å². The molecule has 0 radical (unpaired) electrons. The number of hydrogen-bond donors (Lipinski definition) is 1. The van der Waals surface area contributed by atoms with Crippen LogP contribution in [0, 0.1) is 0 Å². The predicted molar refractivity (Wildman–Crippen MR) is 82.1 cm³/mol. The van der Waals surface area contributed by atoms with Crippen molar-refractivity contribution < 1.29 is 13.2 Å². The zero-order valence-corrected chi connectivity index (χ0v) is 13.2. The molecule has 1 aliphatic heterocycles. The van der Waals surface area contributed by atoms with Crippen molar-refractivity contribution in [2.75, 3.05) is 13.6 Å². The fourth-order valence-electron chi connectivity index (χ4n) is 2.41. The lowest BCUT2D eigenvalue weighted by Gasteiger charge is -2.20. The number of carbonyl (C=O) groups excluding carboxylic acids is 1. The van der Waals surface area contributed by atoms with Gasteiger partial charge in [0.25, 0.3) is 5.91 Å². The van der Waals surface area contributed by atoms with E-state index in [1.165, 1.54) is 38.6 Å². The number of nitrogens with one attached hydrogen (secondary N) is 1. The summed E-state index contributed by atoms with van der Waals surface area (Å²) in [6, 6.07) is 0. The molecule has 1 aliphatic carbocycles. The van der Waals surface area contributed by atoms with Crippen molar-refractivity contribution in [3.63, 3.8) is 0 Å². The van der Waals surface area contributed by atoms with Gasteiger partial charge in [-0.05, 0) is 39.0 Å². The summed E-state index contributed by atoms with van der Waals surface area (Å²) in [5, 5.41) is 2.83. The van der Waals surface area contributed by atoms with E-state index >= 15 is 0 Å². The van der Waals surface area contributed by atoms with Crippen LogP contribution in [0.1, 0.15) is 39.0 Å². The molecule has 0 bridgehead atoms. The van der Waals surface area contributed by atoms with Gasteiger partial charge in [-0.25, -0.2) is 0 Å². The number of nitrogens with zero attached hydrogens (tertiary/aromatic N) is 2. The molecular weight excluding hydrogens is 290 g/mol. The molecule has 0 aromatic rings. The van der Waals surface area contributed by atoms with Gasteiger partial charge in [0.05, 0.1) is 11.3 Å². The second-order valence-corrected chi connectivity index (χ2v) is 6.98. The van der Waals surface area contributed by atoms with Crippen molar-refractivity contribution in [2.24, 2.45) is 4.40 Å². The van der Waals surface area contributed by atoms with Crippen LogP contribution in [0.2, 0.25) is 0 Å². The minimum absolute atomic E-state index is 0.225. The minimum Gasteiger partial charge on any atom is -0.352 e. The fraction of sp³-hybridized carbons (Fsp3) is 0.571. The molecule has 1 N–H and O–H groups in total. The number of amides is 1. The Kier molecular flexibility index (Phi) is 4.82. The summed E-state index contributed by atoms with van der Waals surface area (Å²) in [4.78, 5) is 12.1. The third-order valence-electron chi connectivity index (χ3n) is 3.68. The highest BCUT2D eigenvalue weighted by molar-refractivity contribution is 7.88. The first kappa shape index (κ1) is 15.8. The molecule has 0 saturated heterocycles. The summed E-state index contributed by atoms with van der Waals surface area (Å²) in [5.74, 6) is -0.283. The van der Waals surface area contributed by atoms with Gasteiger partial charge in [0.2, 0.25) is 0 Å². The number of hydrogen-bond acceptors (Lipinski definition) is 3. The number of allylic oxidation sites excluding steroid dienone is 1. The zero-order chi connectivity index (χ0) is 15.5. The third-order valence-corrected chi connectivity index (χ3v) is 5.02. The van der Waals surface area contributed by atoms with Crippen LogP contribution in [0.25, 0.3) is 0 Å². The number of rotatable bonds is 4. The minimum atomic E-state index is -3.66. The van der Waals surface area contributed by atoms with E-state index in [-0.39, 0.29) is 11.6 Å². The summed E-state index contributed by atoms with van der Waals surface area (Å²) in [6.07, 6.45) is 9.13. The molecule has 116 valence electrons. The average Bonchev–Trinajstić information content (AvgIpc) is 2.43. The lowest BCUT2D eigenvalue weighted by molar-refractivity contribution is -0.117.